The predicted octanol–water partition coefficient (Wildman–Crippen LogP) is 7.70. The SMILES string of the molecule is O=C(C=Cc1ccc(N2N=C(c3ccccc3)CC2c2ccccc2)cc1)c1ccc(Br)cc1. The molecule has 1 aliphatic rings. The summed E-state index contributed by atoms with van der Waals surface area (Å²) in [5, 5.41) is 7.12. The normalized spacial score (nSPS) is 15.5. The smallest absolute Gasteiger partial charge is 0.185 e. The molecule has 1 heterocycles. The minimum absolute atomic E-state index is 0.0163. The van der Waals surface area contributed by atoms with Gasteiger partial charge in [-0.2, -0.15) is 5.10 Å². The summed E-state index contributed by atoms with van der Waals surface area (Å²) in [6.45, 7) is 0. The number of benzene rings is 4. The van der Waals surface area contributed by atoms with E-state index in [0.717, 1.165) is 33.4 Å². The summed E-state index contributed by atoms with van der Waals surface area (Å²) in [5.74, 6) is -0.0163. The van der Waals surface area contributed by atoms with Crippen molar-refractivity contribution in [3.05, 3.63) is 142 Å². The van der Waals surface area contributed by atoms with Crippen LogP contribution in [0, 0.1) is 0 Å². The van der Waals surface area contributed by atoms with Crippen LogP contribution in [-0.2, 0) is 0 Å². The van der Waals surface area contributed by atoms with Gasteiger partial charge in [0.15, 0.2) is 5.78 Å². The van der Waals surface area contributed by atoms with E-state index < -0.39 is 0 Å². The first kappa shape index (κ1) is 22.1. The van der Waals surface area contributed by atoms with Gasteiger partial charge in [-0.15, -0.1) is 0 Å². The molecule has 0 N–H and O–H groups in total. The molecule has 0 radical (unpaired) electrons. The number of rotatable bonds is 6. The second kappa shape index (κ2) is 10.0. The molecular weight excluding hydrogens is 484 g/mol. The van der Waals surface area contributed by atoms with Gasteiger partial charge in [-0.3, -0.25) is 9.80 Å². The fourth-order valence-electron chi connectivity index (χ4n) is 4.11. The van der Waals surface area contributed by atoms with Crippen LogP contribution in [0.15, 0.2) is 125 Å². The zero-order valence-corrected chi connectivity index (χ0v) is 20.1. The first-order valence-corrected chi connectivity index (χ1v) is 12.0. The minimum Gasteiger partial charge on any atom is -0.289 e. The van der Waals surface area contributed by atoms with Crippen molar-refractivity contribution in [2.45, 2.75) is 12.5 Å². The molecule has 1 atom stereocenters. The summed E-state index contributed by atoms with van der Waals surface area (Å²) in [4.78, 5) is 12.4. The number of carbonyl (C=O) groups excluding carboxylic acids is 1. The molecule has 4 aromatic rings. The van der Waals surface area contributed by atoms with Crippen molar-refractivity contribution >= 4 is 39.2 Å². The second-order valence-electron chi connectivity index (χ2n) is 8.18. The van der Waals surface area contributed by atoms with Gasteiger partial charge >= 0.3 is 0 Å². The van der Waals surface area contributed by atoms with E-state index in [0.29, 0.717) is 5.56 Å². The van der Waals surface area contributed by atoms with Crippen molar-refractivity contribution in [2.24, 2.45) is 5.10 Å². The molecule has 1 unspecified atom stereocenters. The molecule has 0 saturated heterocycles. The number of halogens is 1. The Morgan fingerprint density at radius 1 is 0.824 bits per heavy atom. The van der Waals surface area contributed by atoms with E-state index in [1.807, 2.05) is 54.6 Å². The average Bonchev–Trinajstić information content (AvgIpc) is 3.35. The molecule has 3 nitrogen and oxygen atoms in total. The summed E-state index contributed by atoms with van der Waals surface area (Å²) in [7, 11) is 0. The summed E-state index contributed by atoms with van der Waals surface area (Å²) in [5.41, 5.74) is 6.13. The molecule has 0 fully saturated rings. The molecular formula is C30H23BrN2O. The lowest BCUT2D eigenvalue weighted by Gasteiger charge is -2.24. The largest absolute Gasteiger partial charge is 0.289 e. The van der Waals surface area contributed by atoms with Crippen molar-refractivity contribution in [2.75, 3.05) is 5.01 Å². The standard InChI is InChI=1S/C30H23BrN2O/c31-26-16-14-25(15-17-26)30(34)20-13-22-11-18-27(19-12-22)33-29(24-9-5-2-6-10-24)21-28(32-33)23-7-3-1-4-8-23/h1-20,29H,21H2. The third kappa shape index (κ3) is 4.92. The van der Waals surface area contributed by atoms with E-state index in [-0.39, 0.29) is 11.8 Å². The second-order valence-corrected chi connectivity index (χ2v) is 9.10. The van der Waals surface area contributed by atoms with E-state index >= 15 is 0 Å². The van der Waals surface area contributed by atoms with Crippen LogP contribution in [-0.4, -0.2) is 11.5 Å². The number of nitrogens with zero attached hydrogens (tertiary/aromatic N) is 2. The summed E-state index contributed by atoms with van der Waals surface area (Å²) >= 11 is 3.40. The topological polar surface area (TPSA) is 32.7 Å². The lowest BCUT2D eigenvalue weighted by atomic mass is 9.98. The lowest BCUT2D eigenvalue weighted by molar-refractivity contribution is 0.104. The maximum absolute atomic E-state index is 12.4. The third-order valence-corrected chi connectivity index (χ3v) is 6.44. The van der Waals surface area contributed by atoms with Crippen molar-refractivity contribution < 1.29 is 4.79 Å². The molecule has 0 aliphatic carbocycles. The highest BCUT2D eigenvalue weighted by molar-refractivity contribution is 9.10. The molecule has 4 heteroatoms. The van der Waals surface area contributed by atoms with Crippen LogP contribution in [0.25, 0.3) is 6.08 Å². The van der Waals surface area contributed by atoms with Crippen molar-refractivity contribution in [1.82, 2.24) is 0 Å². The van der Waals surface area contributed by atoms with Crippen LogP contribution in [0.5, 0.6) is 0 Å². The van der Waals surface area contributed by atoms with Crippen LogP contribution >= 0.6 is 15.9 Å². The van der Waals surface area contributed by atoms with Crippen molar-refractivity contribution in [3.8, 4) is 0 Å². The van der Waals surface area contributed by atoms with Crippen LogP contribution in [0.1, 0.15) is 39.5 Å². The lowest BCUT2D eigenvalue weighted by Crippen LogP contribution is -2.18. The molecule has 1 aliphatic heterocycles. The van der Waals surface area contributed by atoms with Gasteiger partial charge in [-0.25, -0.2) is 0 Å². The zero-order chi connectivity index (χ0) is 23.3. The Labute approximate surface area is 208 Å². The van der Waals surface area contributed by atoms with Crippen LogP contribution in [0.2, 0.25) is 0 Å². The maximum atomic E-state index is 12.4. The molecule has 0 saturated carbocycles. The molecule has 0 amide bonds. The Bertz CT molecular complexity index is 1330. The van der Waals surface area contributed by atoms with Crippen LogP contribution in [0.3, 0.4) is 0 Å². The highest BCUT2D eigenvalue weighted by Gasteiger charge is 2.29. The van der Waals surface area contributed by atoms with Gasteiger partial charge in [0.1, 0.15) is 0 Å². The van der Waals surface area contributed by atoms with Gasteiger partial charge in [0, 0.05) is 16.5 Å². The number of anilines is 1. The van der Waals surface area contributed by atoms with Gasteiger partial charge in [0.05, 0.1) is 17.4 Å². The first-order chi connectivity index (χ1) is 16.7. The molecule has 0 aromatic heterocycles. The number of carbonyl (C=O) groups is 1. The van der Waals surface area contributed by atoms with Crippen LogP contribution in [0.4, 0.5) is 5.69 Å². The van der Waals surface area contributed by atoms with Gasteiger partial charge in [0.2, 0.25) is 0 Å². The Hall–Kier alpha value is -3.76. The van der Waals surface area contributed by atoms with Gasteiger partial charge in [-0.05, 0) is 59.2 Å². The number of hydrogen-bond donors (Lipinski definition) is 0. The van der Waals surface area contributed by atoms with E-state index in [9.17, 15) is 4.79 Å². The predicted molar refractivity (Wildman–Crippen MR) is 143 cm³/mol. The fraction of sp³-hybridized carbons (Fsp3) is 0.0667. The summed E-state index contributed by atoms with van der Waals surface area (Å²) in [6, 6.07) is 36.6. The number of hydrogen-bond acceptors (Lipinski definition) is 3. The number of allylic oxidation sites excluding steroid dienone is 1. The Morgan fingerprint density at radius 3 is 2.15 bits per heavy atom. The average molecular weight is 507 g/mol. The Kier molecular flexibility index (Phi) is 6.50. The Morgan fingerprint density at radius 2 is 1.47 bits per heavy atom. The maximum Gasteiger partial charge on any atom is 0.185 e. The highest BCUT2D eigenvalue weighted by atomic mass is 79.9. The molecule has 166 valence electrons. The monoisotopic (exact) mass is 506 g/mol. The highest BCUT2D eigenvalue weighted by Crippen LogP contribution is 2.36. The van der Waals surface area contributed by atoms with E-state index in [1.165, 1.54) is 5.56 Å². The van der Waals surface area contributed by atoms with E-state index in [1.54, 1.807) is 6.08 Å². The summed E-state index contributed by atoms with van der Waals surface area (Å²) < 4.78 is 0.956. The molecule has 4 aromatic carbocycles. The third-order valence-electron chi connectivity index (χ3n) is 5.92. The Balaban J connectivity index is 1.39. The minimum atomic E-state index is -0.0163. The molecule has 34 heavy (non-hydrogen) atoms. The van der Waals surface area contributed by atoms with E-state index in [4.69, 9.17) is 5.10 Å². The first-order valence-electron chi connectivity index (χ1n) is 11.2. The van der Waals surface area contributed by atoms with Crippen LogP contribution < -0.4 is 5.01 Å². The number of hydrazone groups is 1. The molecule has 0 bridgehead atoms. The van der Waals surface area contributed by atoms with Crippen molar-refractivity contribution in [1.29, 1.82) is 0 Å². The molecule has 5 rings (SSSR count). The molecule has 0 spiro atoms. The number of ketones is 1. The van der Waals surface area contributed by atoms with Gasteiger partial charge < -0.3 is 0 Å². The summed E-state index contributed by atoms with van der Waals surface area (Å²) in [6.07, 6.45) is 4.31. The van der Waals surface area contributed by atoms with Gasteiger partial charge in [0.25, 0.3) is 0 Å². The van der Waals surface area contributed by atoms with E-state index in [2.05, 4.69) is 81.6 Å². The fourth-order valence-corrected chi connectivity index (χ4v) is 4.37. The van der Waals surface area contributed by atoms with Gasteiger partial charge in [-0.1, -0.05) is 94.8 Å². The zero-order valence-electron chi connectivity index (χ0n) is 18.5. The van der Waals surface area contributed by atoms with Crippen molar-refractivity contribution in [3.63, 3.8) is 0 Å². The quantitative estimate of drug-likeness (QED) is 0.198.